The first-order valence-corrected chi connectivity index (χ1v) is 11.7. The number of hydrogen-bond acceptors (Lipinski definition) is 6. The Morgan fingerprint density at radius 2 is 1.73 bits per heavy atom. The van der Waals surface area contributed by atoms with Crippen LogP contribution in [0.25, 0.3) is 11.1 Å². The van der Waals surface area contributed by atoms with Gasteiger partial charge in [-0.3, -0.25) is 4.98 Å². The number of aliphatic carboxylic acids is 1. The number of hydrogen-bond donors (Lipinski definition) is 1. The Balaban J connectivity index is 0.00000512. The fraction of sp³-hybridized carbons (Fsp3) is 0.391. The number of benzene rings is 1. The molecule has 1 aromatic carbocycles. The van der Waals surface area contributed by atoms with Crippen LogP contribution in [0.4, 0.5) is 4.39 Å². The second-order valence-corrected chi connectivity index (χ2v) is 9.93. The first kappa shape index (κ1) is 32.5. The second kappa shape index (κ2) is 14.1. The Hall–Kier alpha value is -0.520. The maximum atomic E-state index is 13.4. The Morgan fingerprint density at radius 1 is 1.15 bits per heavy atom. The molecule has 0 bridgehead atoms. The van der Waals surface area contributed by atoms with E-state index in [4.69, 9.17) is 0 Å². The Kier molecular flexibility index (Phi) is 13.9. The van der Waals surface area contributed by atoms with E-state index in [9.17, 15) is 28.9 Å². The summed E-state index contributed by atoms with van der Waals surface area (Å²) >= 11 is 0. The number of carboxylic acid groups (broad SMARTS) is 1. The van der Waals surface area contributed by atoms with Gasteiger partial charge in [-0.2, -0.15) is 0 Å². The van der Waals surface area contributed by atoms with Crippen LogP contribution in [0.2, 0.25) is 0 Å². The second-order valence-electron chi connectivity index (χ2n) is 7.99. The van der Waals surface area contributed by atoms with Gasteiger partial charge in [0.15, 0.2) is 0 Å². The summed E-state index contributed by atoms with van der Waals surface area (Å²) in [7, 11) is -4.41. The molecule has 0 aliphatic heterocycles. The van der Waals surface area contributed by atoms with Crippen molar-refractivity contribution in [3.63, 3.8) is 0 Å². The summed E-state index contributed by atoms with van der Waals surface area (Å²) in [4.78, 5) is 27.6. The van der Waals surface area contributed by atoms with Crippen LogP contribution in [-0.2, 0) is 9.36 Å². The van der Waals surface area contributed by atoms with Crippen molar-refractivity contribution in [1.82, 2.24) is 4.98 Å². The zero-order valence-electron chi connectivity index (χ0n) is 19.9. The fourth-order valence-corrected chi connectivity index (χ4v) is 4.07. The fourth-order valence-electron chi connectivity index (χ4n) is 3.01. The average molecular weight is 491 g/mol. The normalized spacial score (nSPS) is 13.2. The van der Waals surface area contributed by atoms with E-state index in [0.29, 0.717) is 22.4 Å². The van der Waals surface area contributed by atoms with Gasteiger partial charge in [-0.1, -0.05) is 45.7 Å². The Labute approximate surface area is 238 Å². The zero-order valence-corrected chi connectivity index (χ0v) is 24.8. The topological polar surface area (TPSA) is 113 Å². The minimum atomic E-state index is -4.41. The van der Waals surface area contributed by atoms with E-state index >= 15 is 0 Å². The standard InChI is InChI=1S/C23H27FNO5P.2Na/c1-14(2)21-12-20(16-5-7-17(24)8-6-16)19(23(25-21)15(3)4)9-10-31(29,30)13-18(26)11-22(27)28;;/h5-8,12,14-15,18,26H,11,13H2,1-4H3,(H,27,28)(H,29,30);;/q;2*+1/p-2/t18-;;/m1../s1. The van der Waals surface area contributed by atoms with Gasteiger partial charge in [-0.05, 0) is 41.3 Å². The van der Waals surface area contributed by atoms with Gasteiger partial charge in [0.25, 0.3) is 0 Å². The molecule has 0 aliphatic rings. The molecule has 0 aliphatic carbocycles. The third kappa shape index (κ3) is 9.93. The molecule has 0 fully saturated rings. The van der Waals surface area contributed by atoms with E-state index < -0.39 is 37.8 Å². The van der Waals surface area contributed by atoms with Crippen molar-refractivity contribution in [2.45, 2.75) is 52.1 Å². The summed E-state index contributed by atoms with van der Waals surface area (Å²) in [6, 6.07) is 7.61. The number of aliphatic hydroxyl groups excluding tert-OH is 1. The molecule has 0 spiro atoms. The van der Waals surface area contributed by atoms with E-state index in [1.165, 1.54) is 12.1 Å². The SMILES string of the molecule is CC(C)c1cc(-c2ccc(F)cc2)c(C#CP(=O)([O-])C[C@H](O)CC(=O)[O-])c(C(C)C)n1.[Na+].[Na+]. The number of aliphatic hydroxyl groups is 1. The number of halogens is 1. The maximum Gasteiger partial charge on any atom is 1.00 e. The van der Waals surface area contributed by atoms with Crippen molar-refractivity contribution in [2.24, 2.45) is 0 Å². The molecule has 0 radical (unpaired) electrons. The van der Waals surface area contributed by atoms with Crippen molar-refractivity contribution in [3.05, 3.63) is 53.1 Å². The van der Waals surface area contributed by atoms with Crippen LogP contribution in [0.3, 0.4) is 0 Å². The largest absolute Gasteiger partial charge is 1.00 e. The molecule has 33 heavy (non-hydrogen) atoms. The van der Waals surface area contributed by atoms with Gasteiger partial charge in [0, 0.05) is 29.8 Å². The molecule has 0 saturated heterocycles. The third-order valence-corrected chi connectivity index (χ3v) is 5.92. The van der Waals surface area contributed by atoms with Crippen molar-refractivity contribution >= 4 is 13.3 Å². The summed E-state index contributed by atoms with van der Waals surface area (Å²) in [5.74, 6) is 0.769. The van der Waals surface area contributed by atoms with Gasteiger partial charge in [0.05, 0.1) is 24.7 Å². The smallest absolute Gasteiger partial charge is 0.790 e. The molecule has 2 atom stereocenters. The summed E-state index contributed by atoms with van der Waals surface area (Å²) in [5, 5.41) is 20.2. The van der Waals surface area contributed by atoms with Crippen molar-refractivity contribution < 1.29 is 88.0 Å². The van der Waals surface area contributed by atoms with E-state index in [1.807, 2.05) is 33.8 Å². The molecular weight excluding hydrogens is 466 g/mol. The average Bonchev–Trinajstić information content (AvgIpc) is 2.65. The molecular formula is C23H25FNNa2O5P. The molecule has 6 nitrogen and oxygen atoms in total. The van der Waals surface area contributed by atoms with Gasteiger partial charge in [-0.25, -0.2) is 4.39 Å². The molecule has 0 saturated carbocycles. The predicted molar refractivity (Wildman–Crippen MR) is 113 cm³/mol. The first-order valence-electron chi connectivity index (χ1n) is 9.91. The number of pyridine rings is 1. The Morgan fingerprint density at radius 3 is 2.21 bits per heavy atom. The monoisotopic (exact) mass is 491 g/mol. The number of carbonyl (C=O) groups is 1. The minimum Gasteiger partial charge on any atom is -0.790 e. The molecule has 2 aromatic rings. The first-order chi connectivity index (χ1) is 14.4. The zero-order chi connectivity index (χ0) is 23.3. The van der Waals surface area contributed by atoms with Crippen LogP contribution < -0.4 is 69.1 Å². The van der Waals surface area contributed by atoms with Gasteiger partial charge < -0.3 is 24.5 Å². The summed E-state index contributed by atoms with van der Waals surface area (Å²) in [6.07, 6.45) is -3.20. The van der Waals surface area contributed by atoms with Gasteiger partial charge in [0.1, 0.15) is 5.82 Å². The van der Waals surface area contributed by atoms with Crippen LogP contribution in [-0.4, -0.2) is 28.3 Å². The maximum absolute atomic E-state index is 13.4. The third-order valence-electron chi connectivity index (χ3n) is 4.57. The number of rotatable bonds is 7. The minimum absolute atomic E-state index is 0. The molecule has 1 heterocycles. The molecule has 1 unspecified atom stereocenters. The molecule has 2 rings (SSSR count). The predicted octanol–water partition coefficient (Wildman–Crippen LogP) is -3.41. The summed E-state index contributed by atoms with van der Waals surface area (Å²) < 4.78 is 25.8. The van der Waals surface area contributed by atoms with Gasteiger partial charge >= 0.3 is 59.1 Å². The van der Waals surface area contributed by atoms with Crippen molar-refractivity contribution in [2.75, 3.05) is 6.16 Å². The van der Waals surface area contributed by atoms with Gasteiger partial charge in [-0.15, -0.1) is 0 Å². The van der Waals surface area contributed by atoms with Crippen LogP contribution in [0.15, 0.2) is 30.3 Å². The number of carboxylic acids is 1. The van der Waals surface area contributed by atoms with Crippen LogP contribution in [0.1, 0.15) is 62.9 Å². The molecule has 166 valence electrons. The summed E-state index contributed by atoms with van der Waals surface area (Å²) in [5.41, 5.74) is 5.30. The molecule has 0 amide bonds. The van der Waals surface area contributed by atoms with Gasteiger partial charge in [0.2, 0.25) is 0 Å². The number of carbonyl (C=O) groups excluding carboxylic acids is 1. The molecule has 1 N–H and O–H groups in total. The van der Waals surface area contributed by atoms with Crippen LogP contribution in [0, 0.1) is 17.4 Å². The van der Waals surface area contributed by atoms with Crippen LogP contribution in [0.5, 0.6) is 0 Å². The number of aromatic nitrogens is 1. The van der Waals surface area contributed by atoms with E-state index in [2.05, 4.69) is 16.6 Å². The Bertz CT molecular complexity index is 1070. The summed E-state index contributed by atoms with van der Waals surface area (Å²) in [6.45, 7) is 7.78. The quantitative estimate of drug-likeness (QED) is 0.245. The number of nitrogens with zero attached hydrogens (tertiary/aromatic N) is 1. The van der Waals surface area contributed by atoms with Crippen molar-refractivity contribution in [1.29, 1.82) is 0 Å². The molecule has 1 aromatic heterocycles. The van der Waals surface area contributed by atoms with E-state index in [0.717, 1.165) is 5.69 Å². The van der Waals surface area contributed by atoms with Crippen molar-refractivity contribution in [3.8, 4) is 22.7 Å². The van der Waals surface area contributed by atoms with Crippen LogP contribution >= 0.6 is 7.37 Å². The van der Waals surface area contributed by atoms with E-state index in [-0.39, 0.29) is 71.0 Å². The van der Waals surface area contributed by atoms with E-state index in [1.54, 1.807) is 12.1 Å². The molecule has 10 heteroatoms.